The van der Waals surface area contributed by atoms with Crippen LogP contribution in [0, 0.1) is 0 Å². The Morgan fingerprint density at radius 1 is 1.00 bits per heavy atom. The zero-order valence-corrected chi connectivity index (χ0v) is 14.6. The van der Waals surface area contributed by atoms with Crippen LogP contribution < -0.4 is 10.1 Å². The number of hydrogen-bond donors (Lipinski definition) is 1. The van der Waals surface area contributed by atoms with E-state index in [-0.39, 0.29) is 0 Å². The summed E-state index contributed by atoms with van der Waals surface area (Å²) in [6.45, 7) is 6.49. The van der Waals surface area contributed by atoms with Crippen LogP contribution in [0.3, 0.4) is 0 Å². The molecule has 2 rings (SSSR count). The molecule has 0 saturated heterocycles. The van der Waals surface area contributed by atoms with Gasteiger partial charge in [-0.15, -0.1) is 0 Å². The van der Waals surface area contributed by atoms with Gasteiger partial charge in [0.2, 0.25) is 0 Å². The zero-order chi connectivity index (χ0) is 15.4. The van der Waals surface area contributed by atoms with Gasteiger partial charge < -0.3 is 10.1 Å². The summed E-state index contributed by atoms with van der Waals surface area (Å²) >= 11 is 3.61. The molecule has 0 aromatic heterocycles. The van der Waals surface area contributed by atoms with E-state index in [1.165, 1.54) is 11.1 Å². The Kier molecular flexibility index (Phi) is 5.43. The van der Waals surface area contributed by atoms with Crippen LogP contribution in [0.1, 0.15) is 43.9 Å². The summed E-state index contributed by atoms with van der Waals surface area (Å²) in [5, 5.41) is 3.24. The molecular weight excluding hydrogens is 326 g/mol. The SMILES string of the molecule is CNC(C)c1ccc(Oc2ccccc2C(C)C)c(Br)c1. The number of nitrogens with one attached hydrogen (secondary N) is 1. The minimum absolute atomic E-state index is 0.318. The smallest absolute Gasteiger partial charge is 0.141 e. The first-order chi connectivity index (χ1) is 10.0. The lowest BCUT2D eigenvalue weighted by atomic mass is 10.0. The number of ether oxygens (including phenoxy) is 1. The first kappa shape index (κ1) is 16.1. The van der Waals surface area contributed by atoms with Crippen molar-refractivity contribution in [3.63, 3.8) is 0 Å². The molecule has 112 valence electrons. The second-order valence-electron chi connectivity index (χ2n) is 5.49. The molecule has 0 heterocycles. The maximum absolute atomic E-state index is 6.10. The van der Waals surface area contributed by atoms with Crippen molar-refractivity contribution in [2.75, 3.05) is 7.05 Å². The van der Waals surface area contributed by atoms with Gasteiger partial charge in [-0.25, -0.2) is 0 Å². The van der Waals surface area contributed by atoms with Crippen LogP contribution in [-0.2, 0) is 0 Å². The topological polar surface area (TPSA) is 21.3 Å². The third-order valence-corrected chi connectivity index (χ3v) is 4.27. The van der Waals surface area contributed by atoms with Crippen molar-refractivity contribution in [2.24, 2.45) is 0 Å². The molecule has 0 amide bonds. The van der Waals surface area contributed by atoms with Gasteiger partial charge in [0.25, 0.3) is 0 Å². The summed E-state index contributed by atoms with van der Waals surface area (Å²) in [4.78, 5) is 0. The third kappa shape index (κ3) is 3.86. The minimum Gasteiger partial charge on any atom is -0.456 e. The van der Waals surface area contributed by atoms with E-state index in [9.17, 15) is 0 Å². The molecule has 0 saturated carbocycles. The second kappa shape index (κ2) is 7.10. The van der Waals surface area contributed by atoms with Crippen LogP contribution >= 0.6 is 15.9 Å². The Bertz CT molecular complexity index is 610. The maximum atomic E-state index is 6.10. The zero-order valence-electron chi connectivity index (χ0n) is 13.0. The molecule has 0 aliphatic carbocycles. The normalized spacial score (nSPS) is 12.5. The summed E-state index contributed by atoms with van der Waals surface area (Å²) < 4.78 is 7.08. The number of benzene rings is 2. The number of halogens is 1. The number of hydrogen-bond acceptors (Lipinski definition) is 2. The lowest BCUT2D eigenvalue weighted by molar-refractivity contribution is 0.469. The molecule has 2 aromatic carbocycles. The molecule has 1 unspecified atom stereocenters. The van der Waals surface area contributed by atoms with Gasteiger partial charge >= 0.3 is 0 Å². The summed E-state index contributed by atoms with van der Waals surface area (Å²) in [6, 6.07) is 14.7. The van der Waals surface area contributed by atoms with Crippen molar-refractivity contribution in [3.05, 3.63) is 58.1 Å². The quantitative estimate of drug-likeness (QED) is 0.754. The van der Waals surface area contributed by atoms with E-state index >= 15 is 0 Å². The molecule has 2 nitrogen and oxygen atoms in total. The molecule has 0 fully saturated rings. The van der Waals surface area contributed by atoms with Crippen LogP contribution in [0.15, 0.2) is 46.9 Å². The molecule has 21 heavy (non-hydrogen) atoms. The Hall–Kier alpha value is -1.32. The fourth-order valence-electron chi connectivity index (χ4n) is 2.20. The second-order valence-corrected chi connectivity index (χ2v) is 6.35. The Labute approximate surface area is 135 Å². The lowest BCUT2D eigenvalue weighted by Crippen LogP contribution is -2.12. The molecule has 1 N–H and O–H groups in total. The van der Waals surface area contributed by atoms with Crippen molar-refractivity contribution in [3.8, 4) is 11.5 Å². The van der Waals surface area contributed by atoms with E-state index in [4.69, 9.17) is 4.74 Å². The van der Waals surface area contributed by atoms with Crippen LogP contribution in [0.5, 0.6) is 11.5 Å². The van der Waals surface area contributed by atoms with Gasteiger partial charge in [0.1, 0.15) is 11.5 Å². The predicted octanol–water partition coefficient (Wildman–Crippen LogP) is 5.65. The van der Waals surface area contributed by atoms with Gasteiger partial charge in [-0.1, -0.05) is 38.1 Å². The van der Waals surface area contributed by atoms with Gasteiger partial charge in [0.15, 0.2) is 0 Å². The van der Waals surface area contributed by atoms with Crippen molar-refractivity contribution in [1.82, 2.24) is 5.32 Å². The Morgan fingerprint density at radius 3 is 2.33 bits per heavy atom. The molecule has 0 aliphatic rings. The van der Waals surface area contributed by atoms with E-state index in [1.54, 1.807) is 0 Å². The van der Waals surface area contributed by atoms with Crippen LogP contribution in [0.4, 0.5) is 0 Å². The first-order valence-corrected chi connectivity index (χ1v) is 8.05. The summed E-state index contributed by atoms with van der Waals surface area (Å²) in [6.07, 6.45) is 0. The molecule has 0 aliphatic heterocycles. The summed E-state index contributed by atoms with van der Waals surface area (Å²) in [5.41, 5.74) is 2.45. The van der Waals surface area contributed by atoms with Crippen LogP contribution in [-0.4, -0.2) is 7.05 Å². The van der Waals surface area contributed by atoms with Crippen molar-refractivity contribution >= 4 is 15.9 Å². The van der Waals surface area contributed by atoms with E-state index in [0.717, 1.165) is 16.0 Å². The molecular formula is C18H22BrNO. The monoisotopic (exact) mass is 347 g/mol. The number of para-hydroxylation sites is 1. The fourth-order valence-corrected chi connectivity index (χ4v) is 2.68. The molecule has 0 bridgehead atoms. The maximum Gasteiger partial charge on any atom is 0.141 e. The van der Waals surface area contributed by atoms with E-state index < -0.39 is 0 Å². The van der Waals surface area contributed by atoms with Gasteiger partial charge in [-0.3, -0.25) is 0 Å². The lowest BCUT2D eigenvalue weighted by Gasteiger charge is -2.16. The summed E-state index contributed by atoms with van der Waals surface area (Å²) in [7, 11) is 1.96. The average molecular weight is 348 g/mol. The van der Waals surface area contributed by atoms with E-state index in [0.29, 0.717) is 12.0 Å². The van der Waals surface area contributed by atoms with E-state index in [2.05, 4.69) is 66.3 Å². The highest BCUT2D eigenvalue weighted by Gasteiger charge is 2.11. The van der Waals surface area contributed by atoms with Gasteiger partial charge in [0.05, 0.1) is 4.47 Å². The highest BCUT2D eigenvalue weighted by molar-refractivity contribution is 9.10. The molecule has 2 aromatic rings. The minimum atomic E-state index is 0.318. The van der Waals surface area contributed by atoms with Crippen LogP contribution in [0.25, 0.3) is 0 Å². The first-order valence-electron chi connectivity index (χ1n) is 7.26. The number of rotatable bonds is 5. The standard InChI is InChI=1S/C18H22BrNO/c1-12(2)15-7-5-6-8-17(15)21-18-10-9-14(11-16(18)19)13(3)20-4/h5-13,20H,1-4H3. The molecule has 0 spiro atoms. The molecule has 3 heteroatoms. The predicted molar refractivity (Wildman–Crippen MR) is 92.2 cm³/mol. The fraction of sp³-hybridized carbons (Fsp3) is 0.333. The Morgan fingerprint density at radius 2 is 1.71 bits per heavy atom. The largest absolute Gasteiger partial charge is 0.456 e. The molecule has 0 radical (unpaired) electrons. The van der Waals surface area contributed by atoms with Gasteiger partial charge in [0, 0.05) is 6.04 Å². The Balaban J connectivity index is 2.28. The van der Waals surface area contributed by atoms with Crippen LogP contribution in [0.2, 0.25) is 0 Å². The van der Waals surface area contributed by atoms with Crippen molar-refractivity contribution in [1.29, 1.82) is 0 Å². The van der Waals surface area contributed by atoms with Gasteiger partial charge in [-0.2, -0.15) is 0 Å². The highest BCUT2D eigenvalue weighted by atomic mass is 79.9. The third-order valence-electron chi connectivity index (χ3n) is 3.65. The van der Waals surface area contributed by atoms with Crippen molar-refractivity contribution < 1.29 is 4.74 Å². The average Bonchev–Trinajstić information content (AvgIpc) is 2.48. The van der Waals surface area contributed by atoms with Gasteiger partial charge in [-0.05, 0) is 65.1 Å². The molecule has 1 atom stereocenters. The van der Waals surface area contributed by atoms with E-state index in [1.807, 2.05) is 25.2 Å². The highest BCUT2D eigenvalue weighted by Crippen LogP contribution is 2.35. The van der Waals surface area contributed by atoms with Crippen molar-refractivity contribution in [2.45, 2.75) is 32.7 Å². The summed E-state index contributed by atoms with van der Waals surface area (Å²) in [5.74, 6) is 2.20.